The Morgan fingerprint density at radius 3 is 1.06 bits per heavy atom. The lowest BCUT2D eigenvalue weighted by Gasteiger charge is -2.33. The minimum atomic E-state index is 0.0357. The molecule has 0 bridgehead atoms. The molecule has 392 valence electrons. The number of amides is 1. The number of nitrogens with one attached hydrogen (secondary N) is 1. The summed E-state index contributed by atoms with van der Waals surface area (Å²) in [4.78, 5) is 42.8. The molecule has 7 heteroatoms. The van der Waals surface area contributed by atoms with Gasteiger partial charge in [-0.15, -0.1) is 0 Å². The van der Waals surface area contributed by atoms with Crippen LogP contribution in [0.15, 0.2) is 0 Å². The topological polar surface area (TPSA) is 84.9 Å². The Labute approximate surface area is 412 Å². The fourth-order valence-electron chi connectivity index (χ4n) is 9.76. The largest absolute Gasteiger partial charge is 0.465 e. The summed E-state index contributed by atoms with van der Waals surface area (Å²) in [5.74, 6) is 0.506. The SMILES string of the molecule is CCCCCCCCCC(CCCCCC)C(=O)OCCCCCC(CCCCCCOC(=O)C(CCCCCC)CCCCCCCC)N(CCCCCCCCC)C(=O)CCCNC. The number of nitrogens with zero attached hydrogens (tertiary/aromatic N) is 1. The molecule has 0 aliphatic carbocycles. The highest BCUT2D eigenvalue weighted by atomic mass is 16.5. The highest BCUT2D eigenvalue weighted by molar-refractivity contribution is 5.76. The average molecular weight is 934 g/mol. The molecule has 1 amide bonds. The van der Waals surface area contributed by atoms with Gasteiger partial charge in [-0.3, -0.25) is 14.4 Å². The van der Waals surface area contributed by atoms with Crippen LogP contribution in [0.25, 0.3) is 0 Å². The van der Waals surface area contributed by atoms with Crippen LogP contribution < -0.4 is 5.32 Å². The van der Waals surface area contributed by atoms with Crippen LogP contribution in [0.2, 0.25) is 0 Å². The predicted molar refractivity (Wildman–Crippen MR) is 285 cm³/mol. The maximum absolute atomic E-state index is 13.9. The predicted octanol–water partition coefficient (Wildman–Crippen LogP) is 17.6. The Bertz CT molecular complexity index is 1040. The molecule has 0 fully saturated rings. The van der Waals surface area contributed by atoms with Gasteiger partial charge in [-0.05, 0) is 84.2 Å². The van der Waals surface area contributed by atoms with Crippen LogP contribution in [0, 0.1) is 11.8 Å². The van der Waals surface area contributed by atoms with Gasteiger partial charge in [-0.1, -0.05) is 234 Å². The molecule has 0 aliphatic rings. The first-order valence-corrected chi connectivity index (χ1v) is 29.7. The van der Waals surface area contributed by atoms with Crippen molar-refractivity contribution in [1.29, 1.82) is 0 Å². The number of carbonyl (C=O) groups is 3. The molecule has 0 saturated heterocycles. The number of carbonyl (C=O) groups excluding carboxylic acids is 3. The lowest BCUT2D eigenvalue weighted by atomic mass is 9.94. The zero-order chi connectivity index (χ0) is 48.4. The molecule has 0 aromatic carbocycles. The Kier molecular flexibility index (Phi) is 50.0. The van der Waals surface area contributed by atoms with Crippen molar-refractivity contribution in [3.8, 4) is 0 Å². The summed E-state index contributed by atoms with van der Waals surface area (Å²) in [6, 6.07) is 0.248. The number of esters is 2. The summed E-state index contributed by atoms with van der Waals surface area (Å²) in [6.07, 6.45) is 49.3. The minimum Gasteiger partial charge on any atom is -0.465 e. The normalized spacial score (nSPS) is 12.9. The van der Waals surface area contributed by atoms with Gasteiger partial charge in [0.1, 0.15) is 0 Å². The average Bonchev–Trinajstić information content (AvgIpc) is 3.32. The molecular weight excluding hydrogens is 817 g/mol. The van der Waals surface area contributed by atoms with Gasteiger partial charge in [-0.2, -0.15) is 0 Å². The van der Waals surface area contributed by atoms with Crippen LogP contribution >= 0.6 is 0 Å². The summed E-state index contributed by atoms with van der Waals surface area (Å²) in [6.45, 7) is 14.1. The van der Waals surface area contributed by atoms with E-state index in [9.17, 15) is 14.4 Å². The number of unbranched alkanes of at least 4 members (excludes halogenated alkanes) is 28. The fraction of sp³-hybridized carbons (Fsp3) is 0.949. The highest BCUT2D eigenvalue weighted by Crippen LogP contribution is 2.24. The summed E-state index contributed by atoms with van der Waals surface area (Å²) >= 11 is 0. The molecule has 3 atom stereocenters. The lowest BCUT2D eigenvalue weighted by Crippen LogP contribution is -2.41. The van der Waals surface area contributed by atoms with E-state index in [2.05, 4.69) is 44.8 Å². The fourth-order valence-corrected chi connectivity index (χ4v) is 9.76. The molecule has 1 N–H and O–H groups in total. The number of ether oxygens (including phenoxy) is 2. The van der Waals surface area contributed by atoms with Crippen LogP contribution in [-0.4, -0.2) is 62.1 Å². The third-order valence-electron chi connectivity index (χ3n) is 14.2. The second-order valence-corrected chi connectivity index (χ2v) is 20.5. The number of hydrogen-bond donors (Lipinski definition) is 1. The second kappa shape index (κ2) is 51.2. The second-order valence-electron chi connectivity index (χ2n) is 20.5. The molecule has 0 radical (unpaired) electrons. The van der Waals surface area contributed by atoms with E-state index >= 15 is 0 Å². The van der Waals surface area contributed by atoms with E-state index in [1.165, 1.54) is 148 Å². The van der Waals surface area contributed by atoms with Crippen molar-refractivity contribution in [2.24, 2.45) is 11.8 Å². The first kappa shape index (κ1) is 64.4. The zero-order valence-electron chi connectivity index (χ0n) is 45.5. The van der Waals surface area contributed by atoms with Crippen molar-refractivity contribution in [2.45, 2.75) is 317 Å². The van der Waals surface area contributed by atoms with Gasteiger partial charge in [0.25, 0.3) is 0 Å². The van der Waals surface area contributed by atoms with Crippen molar-refractivity contribution >= 4 is 17.8 Å². The van der Waals surface area contributed by atoms with Gasteiger partial charge in [0, 0.05) is 19.0 Å². The molecule has 0 aromatic heterocycles. The van der Waals surface area contributed by atoms with Gasteiger partial charge in [0.15, 0.2) is 0 Å². The van der Waals surface area contributed by atoms with Crippen LogP contribution in [0.1, 0.15) is 311 Å². The molecule has 66 heavy (non-hydrogen) atoms. The van der Waals surface area contributed by atoms with E-state index in [0.717, 1.165) is 135 Å². The van der Waals surface area contributed by atoms with E-state index in [0.29, 0.717) is 25.5 Å². The van der Waals surface area contributed by atoms with Crippen LogP contribution in [0.4, 0.5) is 0 Å². The number of hydrogen-bond acceptors (Lipinski definition) is 6. The Morgan fingerprint density at radius 2 is 0.682 bits per heavy atom. The first-order valence-electron chi connectivity index (χ1n) is 29.7. The first-order chi connectivity index (χ1) is 32.4. The maximum atomic E-state index is 13.9. The molecule has 0 saturated carbocycles. The van der Waals surface area contributed by atoms with E-state index in [1.807, 2.05) is 7.05 Å². The molecule has 0 rings (SSSR count). The summed E-state index contributed by atoms with van der Waals surface area (Å²) in [5.41, 5.74) is 0. The van der Waals surface area contributed by atoms with Crippen molar-refractivity contribution in [3.63, 3.8) is 0 Å². The van der Waals surface area contributed by atoms with Gasteiger partial charge < -0.3 is 19.7 Å². The van der Waals surface area contributed by atoms with Crippen molar-refractivity contribution in [1.82, 2.24) is 10.2 Å². The van der Waals surface area contributed by atoms with E-state index in [-0.39, 0.29) is 29.8 Å². The van der Waals surface area contributed by atoms with E-state index < -0.39 is 0 Å². The van der Waals surface area contributed by atoms with Gasteiger partial charge >= 0.3 is 11.9 Å². The van der Waals surface area contributed by atoms with Gasteiger partial charge in [0.05, 0.1) is 25.0 Å². The van der Waals surface area contributed by atoms with Gasteiger partial charge in [-0.25, -0.2) is 0 Å². The zero-order valence-corrected chi connectivity index (χ0v) is 45.5. The molecule has 7 nitrogen and oxygen atoms in total. The maximum Gasteiger partial charge on any atom is 0.308 e. The van der Waals surface area contributed by atoms with Crippen molar-refractivity contribution in [2.75, 3.05) is 33.4 Å². The molecule has 0 aliphatic heterocycles. The van der Waals surface area contributed by atoms with Gasteiger partial charge in [0.2, 0.25) is 5.91 Å². The smallest absolute Gasteiger partial charge is 0.308 e. The van der Waals surface area contributed by atoms with Crippen molar-refractivity contribution in [3.05, 3.63) is 0 Å². The van der Waals surface area contributed by atoms with Crippen LogP contribution in [-0.2, 0) is 23.9 Å². The molecule has 3 unspecified atom stereocenters. The summed E-state index contributed by atoms with van der Waals surface area (Å²) in [7, 11) is 1.97. The highest BCUT2D eigenvalue weighted by Gasteiger charge is 2.24. The summed E-state index contributed by atoms with van der Waals surface area (Å²) < 4.78 is 11.9. The quantitative estimate of drug-likeness (QED) is 0.0483. The Balaban J connectivity index is 5.35. The monoisotopic (exact) mass is 933 g/mol. The third kappa shape index (κ3) is 40.3. The van der Waals surface area contributed by atoms with E-state index in [1.54, 1.807) is 0 Å². The van der Waals surface area contributed by atoms with Crippen molar-refractivity contribution < 1.29 is 23.9 Å². The molecule has 0 aromatic rings. The van der Waals surface area contributed by atoms with E-state index in [4.69, 9.17) is 9.47 Å². The third-order valence-corrected chi connectivity index (χ3v) is 14.2. The number of rotatable bonds is 53. The molecule has 0 spiro atoms. The molecular formula is C59H116N2O5. The minimum absolute atomic E-state index is 0.0357. The Hall–Kier alpha value is -1.63. The standard InChI is InChI=1S/C59H116N2O5/c1-7-12-17-22-25-28-36-46-55(44-34-21-16-11-5)59(64)66-53-41-32-38-48-56(61(57(62)49-42-50-60-6)51-39-30-26-23-18-13-8-2)47-37-29-31-40-52-65-58(63)54(43-33-20-15-10-4)45-35-27-24-19-14-9-3/h54-56,60H,7-53H2,1-6H3. The summed E-state index contributed by atoms with van der Waals surface area (Å²) in [5, 5.41) is 3.24. The van der Waals surface area contributed by atoms with Crippen LogP contribution in [0.3, 0.4) is 0 Å². The molecule has 0 heterocycles. The lowest BCUT2D eigenvalue weighted by molar-refractivity contribution is -0.150. The van der Waals surface area contributed by atoms with Crippen LogP contribution in [0.5, 0.6) is 0 Å². The Morgan fingerprint density at radius 1 is 0.379 bits per heavy atom.